The van der Waals surface area contributed by atoms with Crippen molar-refractivity contribution in [1.82, 2.24) is 20.1 Å². The van der Waals surface area contributed by atoms with Crippen LogP contribution in [0.15, 0.2) is 12.3 Å². The first-order chi connectivity index (χ1) is 15.9. The number of anilines is 2. The van der Waals surface area contributed by atoms with E-state index in [1.54, 1.807) is 0 Å². The van der Waals surface area contributed by atoms with Crippen LogP contribution in [0.5, 0.6) is 0 Å². The average Bonchev–Trinajstić information content (AvgIpc) is 3.37. The SMILES string of the molecule is COCCNC(=O)C(=O)Nc1nn(C23CC4CC(CC(O)(C4)C2)C3)c2c1CNc1[nH]ccc1-2. The maximum absolute atomic E-state index is 12.6. The molecule has 2 unspecified atom stereocenters. The van der Waals surface area contributed by atoms with Gasteiger partial charge in [-0.25, -0.2) is 0 Å². The molecule has 10 nitrogen and oxygen atoms in total. The molecule has 2 aromatic heterocycles. The Labute approximate surface area is 191 Å². The first-order valence-electron chi connectivity index (χ1n) is 11.7. The molecule has 0 aromatic carbocycles. The molecule has 7 rings (SSSR count). The standard InChI is InChI=1S/C23H30N6O4/c1-33-5-4-25-20(30)21(31)27-19-16-11-26-18-15(2-3-24-18)17(16)29(28-19)22-7-13-6-14(8-22)10-23(32,9-13)12-22/h2-3,13-14,24,26,32H,4-12H2,1H3,(H,25,30)(H,27,28,31). The lowest BCUT2D eigenvalue weighted by molar-refractivity contribution is -0.159. The van der Waals surface area contributed by atoms with E-state index in [0.717, 1.165) is 48.3 Å². The highest BCUT2D eigenvalue weighted by molar-refractivity contribution is 6.39. The van der Waals surface area contributed by atoms with E-state index in [1.807, 2.05) is 12.3 Å². The number of amides is 2. The average molecular weight is 455 g/mol. The van der Waals surface area contributed by atoms with E-state index in [4.69, 9.17) is 9.84 Å². The number of nitrogens with one attached hydrogen (secondary N) is 4. The van der Waals surface area contributed by atoms with Gasteiger partial charge in [0.1, 0.15) is 5.82 Å². The van der Waals surface area contributed by atoms with Gasteiger partial charge >= 0.3 is 11.8 Å². The summed E-state index contributed by atoms with van der Waals surface area (Å²) in [5, 5.41) is 24.9. The maximum Gasteiger partial charge on any atom is 0.314 e. The van der Waals surface area contributed by atoms with E-state index in [2.05, 4.69) is 25.6 Å². The van der Waals surface area contributed by atoms with Crippen LogP contribution in [0.4, 0.5) is 11.6 Å². The van der Waals surface area contributed by atoms with Crippen LogP contribution in [-0.2, 0) is 26.4 Å². The maximum atomic E-state index is 12.6. The minimum Gasteiger partial charge on any atom is -0.390 e. The number of carbonyl (C=O) groups is 2. The fourth-order valence-electron chi connectivity index (χ4n) is 7.15. The van der Waals surface area contributed by atoms with Crippen molar-refractivity contribution in [2.75, 3.05) is 30.9 Å². The summed E-state index contributed by atoms with van der Waals surface area (Å²) < 4.78 is 7.01. The number of aromatic nitrogens is 3. The molecule has 5 aliphatic rings. The fourth-order valence-corrected chi connectivity index (χ4v) is 7.15. The van der Waals surface area contributed by atoms with Crippen LogP contribution in [-0.4, -0.2) is 57.5 Å². The topological polar surface area (TPSA) is 133 Å². The molecule has 10 heteroatoms. The molecule has 1 aliphatic heterocycles. The third-order valence-corrected chi connectivity index (χ3v) is 7.91. The van der Waals surface area contributed by atoms with E-state index in [1.165, 1.54) is 13.5 Å². The van der Waals surface area contributed by atoms with Gasteiger partial charge in [-0.2, -0.15) is 5.10 Å². The molecule has 33 heavy (non-hydrogen) atoms. The van der Waals surface area contributed by atoms with Crippen molar-refractivity contribution in [3.63, 3.8) is 0 Å². The quantitative estimate of drug-likeness (QED) is 0.344. The molecule has 0 saturated heterocycles. The van der Waals surface area contributed by atoms with E-state index >= 15 is 0 Å². The zero-order valence-corrected chi connectivity index (χ0v) is 18.7. The number of hydrogen-bond donors (Lipinski definition) is 5. The largest absolute Gasteiger partial charge is 0.390 e. The minimum absolute atomic E-state index is 0.258. The monoisotopic (exact) mass is 454 g/mol. The van der Waals surface area contributed by atoms with Gasteiger partial charge in [0, 0.05) is 43.9 Å². The van der Waals surface area contributed by atoms with Gasteiger partial charge < -0.3 is 30.8 Å². The number of carbonyl (C=O) groups excluding carboxylic acids is 2. The molecule has 4 fully saturated rings. The lowest BCUT2D eigenvalue weighted by atomic mass is 9.51. The Hall–Kier alpha value is -2.85. The molecule has 2 aromatic rings. The summed E-state index contributed by atoms with van der Waals surface area (Å²) in [5.41, 5.74) is 1.91. The van der Waals surface area contributed by atoms with Crippen molar-refractivity contribution in [2.24, 2.45) is 11.8 Å². The van der Waals surface area contributed by atoms with Crippen LogP contribution < -0.4 is 16.0 Å². The zero-order valence-electron chi connectivity index (χ0n) is 18.7. The molecule has 5 N–H and O–H groups in total. The van der Waals surface area contributed by atoms with Gasteiger partial charge in [0.2, 0.25) is 0 Å². The molecule has 2 atom stereocenters. The van der Waals surface area contributed by atoms with E-state index in [9.17, 15) is 14.7 Å². The lowest BCUT2D eigenvalue weighted by Gasteiger charge is -2.60. The lowest BCUT2D eigenvalue weighted by Crippen LogP contribution is -2.60. The highest BCUT2D eigenvalue weighted by Crippen LogP contribution is 2.61. The highest BCUT2D eigenvalue weighted by atomic mass is 16.5. The van der Waals surface area contributed by atoms with Crippen LogP contribution in [0.2, 0.25) is 0 Å². The number of H-pyrrole nitrogens is 1. The number of ether oxygens (including phenoxy) is 1. The first-order valence-corrected chi connectivity index (χ1v) is 11.7. The Morgan fingerprint density at radius 1 is 1.27 bits per heavy atom. The Kier molecular flexibility index (Phi) is 4.60. The molecule has 176 valence electrons. The van der Waals surface area contributed by atoms with E-state index < -0.39 is 17.4 Å². The molecule has 3 heterocycles. The summed E-state index contributed by atoms with van der Waals surface area (Å²) in [6.07, 6.45) is 7.46. The molecular formula is C23H30N6O4. The Balaban J connectivity index is 1.39. The first kappa shape index (κ1) is 20.7. The van der Waals surface area contributed by atoms with Crippen molar-refractivity contribution in [2.45, 2.75) is 56.2 Å². The number of hydrogen-bond acceptors (Lipinski definition) is 6. The fraction of sp³-hybridized carbons (Fsp3) is 0.609. The number of nitrogens with zero attached hydrogens (tertiary/aromatic N) is 2. The van der Waals surface area contributed by atoms with Gasteiger partial charge in [0.15, 0.2) is 5.82 Å². The van der Waals surface area contributed by atoms with Crippen molar-refractivity contribution in [3.05, 3.63) is 17.8 Å². The van der Waals surface area contributed by atoms with Crippen LogP contribution in [0.1, 0.15) is 44.1 Å². The number of rotatable bonds is 5. The van der Waals surface area contributed by atoms with Gasteiger partial charge in [-0.1, -0.05) is 0 Å². The van der Waals surface area contributed by atoms with Crippen molar-refractivity contribution < 1.29 is 19.4 Å². The second-order valence-electron chi connectivity index (χ2n) is 10.3. The summed E-state index contributed by atoms with van der Waals surface area (Å²) in [6, 6.07) is 2.01. The van der Waals surface area contributed by atoms with Crippen LogP contribution in [0, 0.1) is 11.8 Å². The number of aromatic amines is 1. The molecule has 0 spiro atoms. The zero-order chi connectivity index (χ0) is 22.8. The van der Waals surface area contributed by atoms with Crippen LogP contribution >= 0.6 is 0 Å². The molecule has 4 bridgehead atoms. The predicted octanol–water partition coefficient (Wildman–Crippen LogP) is 1.54. The molecular weight excluding hydrogens is 424 g/mol. The van der Waals surface area contributed by atoms with Gasteiger partial charge in [-0.3, -0.25) is 14.3 Å². The van der Waals surface area contributed by atoms with Gasteiger partial charge in [-0.15, -0.1) is 0 Å². The third kappa shape index (κ3) is 3.26. The number of aliphatic hydroxyl groups is 1. The Morgan fingerprint density at radius 2 is 2.06 bits per heavy atom. The summed E-state index contributed by atoms with van der Waals surface area (Å²) >= 11 is 0. The summed E-state index contributed by atoms with van der Waals surface area (Å²) in [6.45, 7) is 1.07. The predicted molar refractivity (Wildman–Crippen MR) is 120 cm³/mol. The van der Waals surface area contributed by atoms with Crippen molar-refractivity contribution >= 4 is 23.5 Å². The van der Waals surface area contributed by atoms with Crippen LogP contribution in [0.3, 0.4) is 0 Å². The van der Waals surface area contributed by atoms with Crippen LogP contribution in [0.25, 0.3) is 11.3 Å². The number of methoxy groups -OCH3 is 1. The minimum atomic E-state index is -0.748. The highest BCUT2D eigenvalue weighted by Gasteiger charge is 2.59. The van der Waals surface area contributed by atoms with Gasteiger partial charge in [0.25, 0.3) is 0 Å². The number of fused-ring (bicyclic) bond motifs is 3. The molecule has 2 amide bonds. The van der Waals surface area contributed by atoms with Gasteiger partial charge in [0.05, 0.1) is 23.4 Å². The Morgan fingerprint density at radius 3 is 2.79 bits per heavy atom. The normalized spacial score (nSPS) is 31.0. The second-order valence-corrected chi connectivity index (χ2v) is 10.3. The second kappa shape index (κ2) is 7.33. The third-order valence-electron chi connectivity index (χ3n) is 7.91. The Bertz CT molecular complexity index is 1110. The van der Waals surface area contributed by atoms with Crippen molar-refractivity contribution in [3.8, 4) is 11.3 Å². The van der Waals surface area contributed by atoms with E-state index in [0.29, 0.717) is 37.2 Å². The smallest absolute Gasteiger partial charge is 0.314 e. The van der Waals surface area contributed by atoms with Crippen molar-refractivity contribution in [1.29, 1.82) is 0 Å². The molecule has 0 radical (unpaired) electrons. The molecule has 4 saturated carbocycles. The molecule has 4 aliphatic carbocycles. The summed E-state index contributed by atoms with van der Waals surface area (Å²) in [5.74, 6) is 0.843. The summed E-state index contributed by atoms with van der Waals surface area (Å²) in [7, 11) is 1.54. The van der Waals surface area contributed by atoms with Gasteiger partial charge in [-0.05, 0) is 50.0 Å². The summed E-state index contributed by atoms with van der Waals surface area (Å²) in [4.78, 5) is 28.1. The van der Waals surface area contributed by atoms with E-state index in [-0.39, 0.29) is 12.1 Å².